The normalized spacial score (nSPS) is 11.8. The van der Waals surface area contributed by atoms with Crippen LogP contribution in [0.3, 0.4) is 0 Å². The number of primary amides is 1. The minimum absolute atomic E-state index is 0.186. The molecular weight excluding hydrogens is 311 g/mol. The van der Waals surface area contributed by atoms with Crippen LogP contribution in [0.5, 0.6) is 0 Å². The molecular formula is C15H13F3N3O2+. The topological polar surface area (TPSA) is 76.1 Å². The van der Waals surface area contributed by atoms with Crippen molar-refractivity contribution in [1.82, 2.24) is 0 Å². The maximum atomic E-state index is 13.6. The second-order valence-corrected chi connectivity index (χ2v) is 4.79. The zero-order valence-electron chi connectivity index (χ0n) is 12.0. The predicted molar refractivity (Wildman–Crippen MR) is 74.8 cm³/mol. The smallest absolute Gasteiger partial charge is 0.293 e. The number of pyridine rings is 1. The number of nitrogens with zero attached hydrogens (tertiary/aromatic N) is 1. The molecule has 0 aliphatic heterocycles. The van der Waals surface area contributed by atoms with Crippen molar-refractivity contribution in [2.45, 2.75) is 13.0 Å². The fourth-order valence-electron chi connectivity index (χ4n) is 1.87. The van der Waals surface area contributed by atoms with Gasteiger partial charge in [-0.05, 0) is 18.2 Å². The molecule has 1 heterocycles. The Hall–Kier alpha value is -2.90. The minimum atomic E-state index is -1.67. The maximum absolute atomic E-state index is 13.6. The van der Waals surface area contributed by atoms with Crippen LogP contribution in [-0.2, 0) is 4.79 Å². The first-order valence-electron chi connectivity index (χ1n) is 6.56. The fraction of sp³-hybridized carbons (Fsp3) is 0.133. The summed E-state index contributed by atoms with van der Waals surface area (Å²) in [5.74, 6) is -5.85. The van der Waals surface area contributed by atoms with Gasteiger partial charge in [0.2, 0.25) is 6.04 Å². The SMILES string of the molecule is C[C@@H](C(=O)Nc1ccc(F)c(F)c1F)[n+]1cccc(C(N)=O)c1. The Bertz CT molecular complexity index is 781. The van der Waals surface area contributed by atoms with Gasteiger partial charge in [0, 0.05) is 13.0 Å². The van der Waals surface area contributed by atoms with Gasteiger partial charge in [0.15, 0.2) is 29.8 Å². The summed E-state index contributed by atoms with van der Waals surface area (Å²) in [6.45, 7) is 1.48. The third kappa shape index (κ3) is 3.47. The molecule has 0 unspecified atom stereocenters. The van der Waals surface area contributed by atoms with Crippen LogP contribution < -0.4 is 15.6 Å². The molecule has 0 radical (unpaired) electrons. The van der Waals surface area contributed by atoms with Crippen LogP contribution >= 0.6 is 0 Å². The lowest BCUT2D eigenvalue weighted by atomic mass is 10.2. The summed E-state index contributed by atoms with van der Waals surface area (Å²) in [5, 5.41) is 2.17. The van der Waals surface area contributed by atoms with Crippen LogP contribution in [0, 0.1) is 17.5 Å². The number of rotatable bonds is 4. The van der Waals surface area contributed by atoms with Crippen molar-refractivity contribution in [3.05, 3.63) is 59.7 Å². The van der Waals surface area contributed by atoms with Gasteiger partial charge in [-0.1, -0.05) is 0 Å². The van der Waals surface area contributed by atoms with E-state index in [1.54, 1.807) is 0 Å². The Labute approximate surface area is 129 Å². The lowest BCUT2D eigenvalue weighted by Gasteiger charge is -2.10. The van der Waals surface area contributed by atoms with Crippen LogP contribution in [0.15, 0.2) is 36.7 Å². The zero-order valence-corrected chi connectivity index (χ0v) is 12.0. The van der Waals surface area contributed by atoms with Gasteiger partial charge in [-0.15, -0.1) is 0 Å². The number of nitrogens with one attached hydrogen (secondary N) is 1. The standard InChI is InChI=1S/C15H12F3N3O2/c1-8(21-6-2-3-9(7-21)14(19)22)15(23)20-11-5-4-10(16)12(17)13(11)18/h2-8H,1H3,(H2-,19,20,22,23)/p+1/t8-/m0/s1. The molecule has 8 heteroatoms. The summed E-state index contributed by atoms with van der Waals surface area (Å²) in [7, 11) is 0. The molecule has 2 amide bonds. The Balaban J connectivity index is 2.22. The summed E-state index contributed by atoms with van der Waals surface area (Å²) >= 11 is 0. The average molecular weight is 324 g/mol. The van der Waals surface area contributed by atoms with Crippen molar-refractivity contribution in [3.63, 3.8) is 0 Å². The van der Waals surface area contributed by atoms with E-state index in [1.165, 1.54) is 36.0 Å². The van der Waals surface area contributed by atoms with E-state index in [1.807, 2.05) is 0 Å². The number of aromatic nitrogens is 1. The molecule has 0 aliphatic rings. The van der Waals surface area contributed by atoms with Gasteiger partial charge in [0.1, 0.15) is 5.56 Å². The zero-order chi connectivity index (χ0) is 17.1. The van der Waals surface area contributed by atoms with Crippen molar-refractivity contribution in [3.8, 4) is 0 Å². The summed E-state index contributed by atoms with van der Waals surface area (Å²) in [5.41, 5.74) is 4.86. The van der Waals surface area contributed by atoms with Crippen molar-refractivity contribution < 1.29 is 27.3 Å². The quantitative estimate of drug-likeness (QED) is 0.663. The predicted octanol–water partition coefficient (Wildman–Crippen LogP) is 1.69. The number of benzene rings is 1. The molecule has 1 aromatic heterocycles. The third-order valence-electron chi connectivity index (χ3n) is 3.23. The van der Waals surface area contributed by atoms with Gasteiger partial charge < -0.3 is 11.1 Å². The van der Waals surface area contributed by atoms with Crippen LogP contribution in [0.2, 0.25) is 0 Å². The molecule has 0 aliphatic carbocycles. The number of carbonyl (C=O) groups excluding carboxylic acids is 2. The highest BCUT2D eigenvalue weighted by Crippen LogP contribution is 2.20. The number of hydrogen-bond acceptors (Lipinski definition) is 2. The number of anilines is 1. The van der Waals surface area contributed by atoms with E-state index in [9.17, 15) is 22.8 Å². The molecule has 0 saturated carbocycles. The largest absolute Gasteiger partial charge is 0.365 e. The highest BCUT2D eigenvalue weighted by atomic mass is 19.2. The van der Waals surface area contributed by atoms with Crippen molar-refractivity contribution >= 4 is 17.5 Å². The first-order valence-corrected chi connectivity index (χ1v) is 6.56. The molecule has 23 heavy (non-hydrogen) atoms. The van der Waals surface area contributed by atoms with Gasteiger partial charge in [-0.25, -0.2) is 13.2 Å². The second-order valence-electron chi connectivity index (χ2n) is 4.79. The number of amides is 2. The van der Waals surface area contributed by atoms with Gasteiger partial charge in [-0.3, -0.25) is 9.59 Å². The number of carbonyl (C=O) groups is 2. The Morgan fingerprint density at radius 1 is 1.17 bits per heavy atom. The van der Waals surface area contributed by atoms with E-state index in [4.69, 9.17) is 5.73 Å². The summed E-state index contributed by atoms with van der Waals surface area (Å²) in [4.78, 5) is 23.2. The number of hydrogen-bond donors (Lipinski definition) is 2. The maximum Gasteiger partial charge on any atom is 0.293 e. The van der Waals surface area contributed by atoms with E-state index < -0.39 is 41.0 Å². The molecule has 2 rings (SSSR count). The van der Waals surface area contributed by atoms with Gasteiger partial charge in [0.05, 0.1) is 5.69 Å². The highest BCUT2D eigenvalue weighted by molar-refractivity contribution is 5.93. The molecule has 1 atom stereocenters. The number of nitrogens with two attached hydrogens (primary N) is 1. The molecule has 0 saturated heterocycles. The monoisotopic (exact) mass is 324 g/mol. The summed E-state index contributed by atoms with van der Waals surface area (Å²) in [6.07, 6.45) is 2.87. The second kappa shape index (κ2) is 6.47. The molecule has 0 spiro atoms. The van der Waals surface area contributed by atoms with Crippen LogP contribution in [-0.4, -0.2) is 11.8 Å². The van der Waals surface area contributed by atoms with Gasteiger partial charge in [0.25, 0.3) is 11.8 Å². The number of halogens is 3. The Kier molecular flexibility index (Phi) is 4.63. The molecule has 120 valence electrons. The van der Waals surface area contributed by atoms with Crippen LogP contribution in [0.1, 0.15) is 23.3 Å². The Morgan fingerprint density at radius 2 is 1.87 bits per heavy atom. The average Bonchev–Trinajstić information content (AvgIpc) is 2.54. The molecule has 5 nitrogen and oxygen atoms in total. The van der Waals surface area contributed by atoms with Gasteiger partial charge >= 0.3 is 0 Å². The van der Waals surface area contributed by atoms with E-state index >= 15 is 0 Å². The third-order valence-corrected chi connectivity index (χ3v) is 3.23. The highest BCUT2D eigenvalue weighted by Gasteiger charge is 2.25. The van der Waals surface area contributed by atoms with Crippen molar-refractivity contribution in [2.75, 3.05) is 5.32 Å². The van der Waals surface area contributed by atoms with Crippen molar-refractivity contribution in [2.24, 2.45) is 5.73 Å². The van der Waals surface area contributed by atoms with E-state index in [0.29, 0.717) is 6.07 Å². The van der Waals surface area contributed by atoms with Crippen LogP contribution in [0.25, 0.3) is 0 Å². The first-order chi connectivity index (χ1) is 10.8. The lowest BCUT2D eigenvalue weighted by Crippen LogP contribution is -2.44. The molecule has 2 aromatic rings. The van der Waals surface area contributed by atoms with Crippen molar-refractivity contribution in [1.29, 1.82) is 0 Å². The minimum Gasteiger partial charge on any atom is -0.365 e. The molecule has 3 N–H and O–H groups in total. The van der Waals surface area contributed by atoms with E-state index in [-0.39, 0.29) is 5.56 Å². The van der Waals surface area contributed by atoms with Gasteiger partial charge in [-0.2, -0.15) is 4.57 Å². The summed E-state index contributed by atoms with van der Waals surface area (Å²) in [6, 6.07) is 3.77. The van der Waals surface area contributed by atoms with Crippen LogP contribution in [0.4, 0.5) is 18.9 Å². The Morgan fingerprint density at radius 3 is 2.52 bits per heavy atom. The molecule has 0 bridgehead atoms. The first kappa shape index (κ1) is 16.5. The molecule has 1 aromatic carbocycles. The lowest BCUT2D eigenvalue weighted by molar-refractivity contribution is -0.705. The fourth-order valence-corrected chi connectivity index (χ4v) is 1.87. The summed E-state index contributed by atoms with van der Waals surface area (Å²) < 4.78 is 41.0. The van der Waals surface area contributed by atoms with E-state index in [2.05, 4.69) is 5.32 Å². The molecule has 0 fully saturated rings. The van der Waals surface area contributed by atoms with E-state index in [0.717, 1.165) is 6.07 Å².